The third-order valence-electron chi connectivity index (χ3n) is 3.80. The third-order valence-corrected chi connectivity index (χ3v) is 5.45. The van der Waals surface area contributed by atoms with Gasteiger partial charge in [0.1, 0.15) is 16.4 Å². The molecule has 0 unspecified atom stereocenters. The van der Waals surface area contributed by atoms with Crippen LogP contribution in [0.15, 0.2) is 41.5 Å². The first-order valence-corrected chi connectivity index (χ1v) is 8.97. The van der Waals surface area contributed by atoms with E-state index in [1.54, 1.807) is 32.4 Å². The molecular weight excluding hydrogens is 372 g/mol. The maximum Gasteiger partial charge on any atom is 0.283 e. The number of carbonyl (C=O) groups excluding carboxylic acids is 1. The van der Waals surface area contributed by atoms with Gasteiger partial charge in [-0.15, -0.1) is 11.3 Å². The molecule has 7 heteroatoms. The summed E-state index contributed by atoms with van der Waals surface area (Å²) in [5, 5.41) is 5.33. The summed E-state index contributed by atoms with van der Waals surface area (Å²) in [6.07, 6.45) is 1.50. The van der Waals surface area contributed by atoms with E-state index in [0.29, 0.717) is 27.0 Å². The first kappa shape index (κ1) is 18.2. The number of thiophene rings is 1. The lowest BCUT2D eigenvalue weighted by Crippen LogP contribution is -2.16. The van der Waals surface area contributed by atoms with Gasteiger partial charge in [-0.2, -0.15) is 5.10 Å². The Hall–Kier alpha value is -2.57. The molecule has 0 aliphatic heterocycles. The topological polar surface area (TPSA) is 59.9 Å². The van der Waals surface area contributed by atoms with Crippen LogP contribution in [0.5, 0.6) is 11.5 Å². The fraction of sp³-hybridized carbons (Fsp3) is 0.158. The van der Waals surface area contributed by atoms with E-state index in [4.69, 9.17) is 21.1 Å². The van der Waals surface area contributed by atoms with Crippen LogP contribution in [0.1, 0.15) is 20.8 Å². The SMILES string of the molecule is COc1ccc(OC)c(C=NNC(=O)c2sc3cc(C)ccc3c2Cl)c1. The van der Waals surface area contributed by atoms with Crippen molar-refractivity contribution in [2.45, 2.75) is 6.92 Å². The van der Waals surface area contributed by atoms with Crippen LogP contribution in [0.3, 0.4) is 0 Å². The van der Waals surface area contributed by atoms with Crippen LogP contribution in [0.4, 0.5) is 0 Å². The van der Waals surface area contributed by atoms with Crippen molar-refractivity contribution in [1.82, 2.24) is 5.43 Å². The van der Waals surface area contributed by atoms with Gasteiger partial charge in [-0.05, 0) is 36.8 Å². The average molecular weight is 389 g/mol. The zero-order valence-corrected chi connectivity index (χ0v) is 16.1. The highest BCUT2D eigenvalue weighted by Crippen LogP contribution is 2.35. The Morgan fingerprint density at radius 1 is 1.19 bits per heavy atom. The molecule has 0 atom stereocenters. The highest BCUT2D eigenvalue weighted by atomic mass is 35.5. The van der Waals surface area contributed by atoms with E-state index in [1.807, 2.05) is 25.1 Å². The van der Waals surface area contributed by atoms with E-state index in [9.17, 15) is 4.79 Å². The van der Waals surface area contributed by atoms with E-state index in [-0.39, 0.29) is 5.91 Å². The second kappa shape index (κ2) is 7.76. The Morgan fingerprint density at radius 2 is 2.00 bits per heavy atom. The van der Waals surface area contributed by atoms with E-state index < -0.39 is 0 Å². The molecule has 134 valence electrons. The highest BCUT2D eigenvalue weighted by molar-refractivity contribution is 7.21. The minimum atomic E-state index is -0.355. The number of hydrazone groups is 1. The van der Waals surface area contributed by atoms with E-state index >= 15 is 0 Å². The molecule has 1 heterocycles. The van der Waals surface area contributed by atoms with Crippen molar-refractivity contribution in [3.05, 3.63) is 57.4 Å². The second-order valence-corrected chi connectivity index (χ2v) is 6.98. The normalized spacial score (nSPS) is 11.1. The number of hydrogen-bond donors (Lipinski definition) is 1. The fourth-order valence-corrected chi connectivity index (χ4v) is 3.98. The lowest BCUT2D eigenvalue weighted by atomic mass is 10.2. The number of hydrogen-bond acceptors (Lipinski definition) is 5. The number of halogens is 1. The van der Waals surface area contributed by atoms with Gasteiger partial charge >= 0.3 is 0 Å². The van der Waals surface area contributed by atoms with Crippen molar-refractivity contribution in [1.29, 1.82) is 0 Å². The number of amides is 1. The predicted molar refractivity (Wildman–Crippen MR) is 106 cm³/mol. The van der Waals surface area contributed by atoms with Gasteiger partial charge in [0.15, 0.2) is 0 Å². The molecule has 26 heavy (non-hydrogen) atoms. The molecule has 0 saturated heterocycles. The van der Waals surface area contributed by atoms with Crippen molar-refractivity contribution >= 4 is 45.1 Å². The molecule has 1 aromatic heterocycles. The maximum absolute atomic E-state index is 12.4. The fourth-order valence-electron chi connectivity index (χ4n) is 2.47. The number of methoxy groups -OCH3 is 2. The smallest absolute Gasteiger partial charge is 0.283 e. The van der Waals surface area contributed by atoms with Crippen LogP contribution in [-0.4, -0.2) is 26.3 Å². The molecule has 0 aliphatic carbocycles. The van der Waals surface area contributed by atoms with Gasteiger partial charge < -0.3 is 9.47 Å². The standard InChI is InChI=1S/C19H17ClN2O3S/c1-11-4-6-14-16(8-11)26-18(17(14)20)19(23)22-21-10-12-9-13(24-2)5-7-15(12)25-3/h4-10H,1-3H3,(H,22,23). The zero-order valence-electron chi connectivity index (χ0n) is 14.5. The molecule has 3 rings (SSSR count). The Bertz CT molecular complexity index is 998. The van der Waals surface area contributed by atoms with Crippen LogP contribution in [0.25, 0.3) is 10.1 Å². The molecule has 2 aromatic carbocycles. The molecule has 1 N–H and O–H groups in total. The van der Waals surface area contributed by atoms with E-state index in [1.165, 1.54) is 17.6 Å². The average Bonchev–Trinajstić information content (AvgIpc) is 2.97. The number of fused-ring (bicyclic) bond motifs is 1. The second-order valence-electron chi connectivity index (χ2n) is 5.55. The summed E-state index contributed by atoms with van der Waals surface area (Å²) in [7, 11) is 3.15. The minimum Gasteiger partial charge on any atom is -0.497 e. The molecular formula is C19H17ClN2O3S. The number of aryl methyl sites for hydroxylation is 1. The van der Waals surface area contributed by atoms with Crippen LogP contribution < -0.4 is 14.9 Å². The van der Waals surface area contributed by atoms with Crippen molar-refractivity contribution in [3.63, 3.8) is 0 Å². The van der Waals surface area contributed by atoms with Crippen molar-refractivity contribution in [2.75, 3.05) is 14.2 Å². The Labute approximate surface area is 160 Å². The van der Waals surface area contributed by atoms with Gasteiger partial charge in [0.25, 0.3) is 5.91 Å². The Balaban J connectivity index is 1.81. The number of carbonyl (C=O) groups is 1. The summed E-state index contributed by atoms with van der Waals surface area (Å²) in [5.74, 6) is 0.938. The lowest BCUT2D eigenvalue weighted by Gasteiger charge is -2.06. The van der Waals surface area contributed by atoms with Gasteiger partial charge in [-0.1, -0.05) is 23.7 Å². The summed E-state index contributed by atoms with van der Waals surface area (Å²) in [5.41, 5.74) is 4.31. The monoisotopic (exact) mass is 388 g/mol. The number of nitrogens with one attached hydrogen (secondary N) is 1. The predicted octanol–water partition coefficient (Wildman–Crippen LogP) is 4.64. The van der Waals surface area contributed by atoms with Crippen molar-refractivity contribution < 1.29 is 14.3 Å². The van der Waals surface area contributed by atoms with Gasteiger partial charge in [0, 0.05) is 15.6 Å². The zero-order chi connectivity index (χ0) is 18.7. The van der Waals surface area contributed by atoms with Crippen molar-refractivity contribution in [2.24, 2.45) is 5.10 Å². The first-order chi connectivity index (χ1) is 12.5. The first-order valence-electron chi connectivity index (χ1n) is 7.77. The molecule has 0 bridgehead atoms. The van der Waals surface area contributed by atoms with Gasteiger partial charge in [-0.3, -0.25) is 4.79 Å². The molecule has 0 aliphatic rings. The number of nitrogens with zero attached hydrogens (tertiary/aromatic N) is 1. The van der Waals surface area contributed by atoms with Crippen LogP contribution in [0, 0.1) is 6.92 Å². The Kier molecular flexibility index (Phi) is 5.44. The minimum absolute atomic E-state index is 0.355. The van der Waals surface area contributed by atoms with Gasteiger partial charge in [0.05, 0.1) is 25.5 Å². The molecule has 0 spiro atoms. The van der Waals surface area contributed by atoms with Crippen LogP contribution in [-0.2, 0) is 0 Å². The van der Waals surface area contributed by atoms with E-state index in [2.05, 4.69) is 10.5 Å². The largest absolute Gasteiger partial charge is 0.497 e. The highest BCUT2D eigenvalue weighted by Gasteiger charge is 2.16. The van der Waals surface area contributed by atoms with Gasteiger partial charge in [-0.25, -0.2) is 5.43 Å². The maximum atomic E-state index is 12.4. The molecule has 0 fully saturated rings. The summed E-state index contributed by atoms with van der Waals surface area (Å²) in [6, 6.07) is 11.2. The summed E-state index contributed by atoms with van der Waals surface area (Å²) < 4.78 is 11.4. The lowest BCUT2D eigenvalue weighted by molar-refractivity contribution is 0.0959. The number of benzene rings is 2. The molecule has 0 saturated carbocycles. The molecule has 1 amide bonds. The summed E-state index contributed by atoms with van der Waals surface area (Å²) >= 11 is 7.69. The van der Waals surface area contributed by atoms with Crippen molar-refractivity contribution in [3.8, 4) is 11.5 Å². The summed E-state index contributed by atoms with van der Waals surface area (Å²) in [6.45, 7) is 2.00. The number of ether oxygens (including phenoxy) is 2. The molecule has 3 aromatic rings. The number of rotatable bonds is 5. The van der Waals surface area contributed by atoms with Crippen LogP contribution in [0.2, 0.25) is 5.02 Å². The molecule has 5 nitrogen and oxygen atoms in total. The van der Waals surface area contributed by atoms with E-state index in [0.717, 1.165) is 15.6 Å². The molecule has 0 radical (unpaired) electrons. The quantitative estimate of drug-likeness (QED) is 0.511. The third kappa shape index (κ3) is 3.66. The Morgan fingerprint density at radius 3 is 2.73 bits per heavy atom. The van der Waals surface area contributed by atoms with Crippen LogP contribution >= 0.6 is 22.9 Å². The van der Waals surface area contributed by atoms with Gasteiger partial charge in [0.2, 0.25) is 0 Å². The summed E-state index contributed by atoms with van der Waals surface area (Å²) in [4.78, 5) is 12.9.